The van der Waals surface area contributed by atoms with Gasteiger partial charge in [0.15, 0.2) is 0 Å². The van der Waals surface area contributed by atoms with Crippen LogP contribution < -0.4 is 5.32 Å². The lowest BCUT2D eigenvalue weighted by Gasteiger charge is -2.07. The summed E-state index contributed by atoms with van der Waals surface area (Å²) in [6.45, 7) is 1.43. The van der Waals surface area contributed by atoms with Gasteiger partial charge in [-0.15, -0.1) is 0 Å². The summed E-state index contributed by atoms with van der Waals surface area (Å²) in [5, 5.41) is 11.8. The molecule has 0 saturated carbocycles. The molecule has 3 heteroatoms. The van der Waals surface area contributed by atoms with Crippen LogP contribution >= 0.6 is 0 Å². The Morgan fingerprint density at radius 2 is 2.46 bits per heavy atom. The second-order valence-corrected chi connectivity index (χ2v) is 2.99. The molecule has 0 aliphatic carbocycles. The molecule has 0 spiro atoms. The minimum Gasteiger partial charge on any atom is -0.357 e. The van der Waals surface area contributed by atoms with Crippen LogP contribution in [-0.2, 0) is 4.74 Å². The molecule has 1 aromatic carbocycles. The Balaban J connectivity index is 2.25. The highest BCUT2D eigenvalue weighted by atomic mass is 16.5. The Morgan fingerprint density at radius 1 is 1.54 bits per heavy atom. The minimum absolute atomic E-state index is 0.105. The van der Waals surface area contributed by atoms with E-state index < -0.39 is 0 Å². The highest BCUT2D eigenvalue weighted by Gasteiger charge is 2.16. The van der Waals surface area contributed by atoms with Crippen molar-refractivity contribution in [2.45, 2.75) is 6.10 Å². The smallest absolute Gasteiger partial charge is 0.0991 e. The molecule has 1 aromatic rings. The van der Waals surface area contributed by atoms with Crippen LogP contribution in [0.5, 0.6) is 0 Å². The summed E-state index contributed by atoms with van der Waals surface area (Å²) in [6.07, 6.45) is 0.105. The average molecular weight is 174 g/mol. The molecule has 1 atom stereocenters. The zero-order chi connectivity index (χ0) is 9.10. The molecule has 1 fully saturated rings. The van der Waals surface area contributed by atoms with Gasteiger partial charge < -0.3 is 4.74 Å². The Bertz CT molecular complexity index is 337. The molecule has 1 N–H and O–H groups in total. The van der Waals surface area contributed by atoms with Crippen LogP contribution in [0, 0.1) is 11.3 Å². The normalized spacial score (nSPS) is 21.3. The van der Waals surface area contributed by atoms with Crippen LogP contribution in [-0.4, -0.2) is 13.3 Å². The zero-order valence-electron chi connectivity index (χ0n) is 7.16. The van der Waals surface area contributed by atoms with Crippen molar-refractivity contribution < 1.29 is 4.74 Å². The number of ether oxygens (including phenoxy) is 1. The van der Waals surface area contributed by atoms with Gasteiger partial charge in [-0.05, 0) is 17.7 Å². The van der Waals surface area contributed by atoms with Crippen molar-refractivity contribution in [2.24, 2.45) is 0 Å². The van der Waals surface area contributed by atoms with Gasteiger partial charge in [-0.25, -0.2) is 0 Å². The highest BCUT2D eigenvalue weighted by molar-refractivity contribution is 5.34. The molecule has 2 rings (SSSR count). The maximum atomic E-state index is 8.70. The van der Waals surface area contributed by atoms with Gasteiger partial charge in [-0.3, -0.25) is 5.32 Å². The third-order valence-electron chi connectivity index (χ3n) is 2.10. The lowest BCUT2D eigenvalue weighted by molar-refractivity contribution is 0.114. The van der Waals surface area contributed by atoms with Crippen LogP contribution in [0.25, 0.3) is 0 Å². The lowest BCUT2D eigenvalue weighted by atomic mass is 10.1. The van der Waals surface area contributed by atoms with Gasteiger partial charge >= 0.3 is 0 Å². The van der Waals surface area contributed by atoms with Crippen molar-refractivity contribution in [3.63, 3.8) is 0 Å². The number of rotatable bonds is 1. The predicted molar refractivity (Wildman–Crippen MR) is 47.9 cm³/mol. The summed E-state index contributed by atoms with van der Waals surface area (Å²) in [4.78, 5) is 0. The molecular weight excluding hydrogens is 164 g/mol. The van der Waals surface area contributed by atoms with E-state index in [9.17, 15) is 0 Å². The summed E-state index contributed by atoms with van der Waals surface area (Å²) in [6, 6.07) is 9.65. The molecular formula is C10H10N2O. The van der Waals surface area contributed by atoms with Gasteiger partial charge in [0.25, 0.3) is 0 Å². The van der Waals surface area contributed by atoms with Gasteiger partial charge in [0.2, 0.25) is 0 Å². The minimum atomic E-state index is 0.105. The maximum absolute atomic E-state index is 8.70. The molecule has 0 bridgehead atoms. The standard InChI is InChI=1S/C10H10N2O/c11-5-8-2-1-3-9(4-8)10-6-12-7-13-10/h1-4,10,12H,6-7H2. The van der Waals surface area contributed by atoms with E-state index in [0.29, 0.717) is 12.3 Å². The van der Waals surface area contributed by atoms with Crippen molar-refractivity contribution in [3.05, 3.63) is 35.4 Å². The number of hydrogen-bond acceptors (Lipinski definition) is 3. The molecule has 0 amide bonds. The van der Waals surface area contributed by atoms with Crippen molar-refractivity contribution in [3.8, 4) is 6.07 Å². The Hall–Kier alpha value is -1.37. The molecule has 66 valence electrons. The van der Waals surface area contributed by atoms with Crippen LogP contribution in [0.4, 0.5) is 0 Å². The number of nitrogens with one attached hydrogen (secondary N) is 1. The summed E-state index contributed by atoms with van der Waals surface area (Å²) < 4.78 is 5.42. The van der Waals surface area contributed by atoms with Crippen LogP contribution in [0.15, 0.2) is 24.3 Å². The molecule has 3 nitrogen and oxygen atoms in total. The van der Waals surface area contributed by atoms with Crippen LogP contribution in [0.1, 0.15) is 17.2 Å². The largest absolute Gasteiger partial charge is 0.357 e. The number of nitriles is 1. The second kappa shape index (κ2) is 3.56. The fourth-order valence-corrected chi connectivity index (χ4v) is 1.43. The van der Waals surface area contributed by atoms with E-state index in [1.165, 1.54) is 0 Å². The quantitative estimate of drug-likeness (QED) is 0.695. The molecule has 0 aromatic heterocycles. The lowest BCUT2D eigenvalue weighted by Crippen LogP contribution is -2.07. The summed E-state index contributed by atoms with van der Waals surface area (Å²) >= 11 is 0. The van der Waals surface area contributed by atoms with E-state index in [0.717, 1.165) is 12.1 Å². The van der Waals surface area contributed by atoms with Crippen LogP contribution in [0.3, 0.4) is 0 Å². The highest BCUT2D eigenvalue weighted by Crippen LogP contribution is 2.20. The SMILES string of the molecule is N#Cc1cccc(C2CNCO2)c1. The Labute approximate surface area is 76.9 Å². The van der Waals surface area contributed by atoms with E-state index in [-0.39, 0.29) is 6.10 Å². The van der Waals surface area contributed by atoms with Gasteiger partial charge in [-0.2, -0.15) is 5.26 Å². The van der Waals surface area contributed by atoms with Gasteiger partial charge in [0.05, 0.1) is 24.5 Å². The van der Waals surface area contributed by atoms with Crippen molar-refractivity contribution in [1.29, 1.82) is 5.26 Å². The summed E-state index contributed by atoms with van der Waals surface area (Å²) in [7, 11) is 0. The molecule has 1 aliphatic heterocycles. The first-order valence-corrected chi connectivity index (χ1v) is 4.22. The Morgan fingerprint density at radius 3 is 3.15 bits per heavy atom. The molecule has 1 unspecified atom stereocenters. The van der Waals surface area contributed by atoms with E-state index in [1.54, 1.807) is 6.07 Å². The first-order valence-electron chi connectivity index (χ1n) is 4.22. The second-order valence-electron chi connectivity index (χ2n) is 2.99. The average Bonchev–Trinajstić information content (AvgIpc) is 2.71. The zero-order valence-corrected chi connectivity index (χ0v) is 7.16. The number of nitrogens with zero attached hydrogens (tertiary/aromatic N) is 1. The topological polar surface area (TPSA) is 45.0 Å². The monoisotopic (exact) mass is 174 g/mol. The third kappa shape index (κ3) is 1.69. The van der Waals surface area contributed by atoms with E-state index >= 15 is 0 Å². The van der Waals surface area contributed by atoms with Gasteiger partial charge in [-0.1, -0.05) is 12.1 Å². The van der Waals surface area contributed by atoms with Crippen molar-refractivity contribution in [1.82, 2.24) is 5.32 Å². The molecule has 1 saturated heterocycles. The summed E-state index contributed by atoms with van der Waals surface area (Å²) in [5.41, 5.74) is 1.76. The molecule has 13 heavy (non-hydrogen) atoms. The first kappa shape index (κ1) is 8.24. The molecule has 0 radical (unpaired) electrons. The first-order chi connectivity index (χ1) is 6.40. The number of benzene rings is 1. The van der Waals surface area contributed by atoms with E-state index in [2.05, 4.69) is 11.4 Å². The van der Waals surface area contributed by atoms with E-state index in [4.69, 9.17) is 10.00 Å². The van der Waals surface area contributed by atoms with Gasteiger partial charge in [0, 0.05) is 6.54 Å². The van der Waals surface area contributed by atoms with Gasteiger partial charge in [0.1, 0.15) is 0 Å². The number of hydrogen-bond donors (Lipinski definition) is 1. The fraction of sp³-hybridized carbons (Fsp3) is 0.300. The predicted octanol–water partition coefficient (Wildman–Crippen LogP) is 1.18. The fourth-order valence-electron chi connectivity index (χ4n) is 1.43. The van der Waals surface area contributed by atoms with Crippen LogP contribution in [0.2, 0.25) is 0 Å². The maximum Gasteiger partial charge on any atom is 0.0991 e. The summed E-state index contributed by atoms with van der Waals surface area (Å²) in [5.74, 6) is 0. The van der Waals surface area contributed by atoms with Crippen molar-refractivity contribution in [2.75, 3.05) is 13.3 Å². The third-order valence-corrected chi connectivity index (χ3v) is 2.10. The van der Waals surface area contributed by atoms with E-state index in [1.807, 2.05) is 18.2 Å². The molecule has 1 heterocycles. The van der Waals surface area contributed by atoms with Crippen molar-refractivity contribution >= 4 is 0 Å². The Kier molecular flexibility index (Phi) is 2.26. The molecule has 1 aliphatic rings.